The quantitative estimate of drug-likeness (QED) is 0.385. The minimum atomic E-state index is -0.0162. The Bertz CT molecular complexity index is 251. The lowest BCUT2D eigenvalue weighted by Gasteiger charge is -2.23. The number of hydrogen-bond donors (Lipinski definition) is 0. The first-order valence-corrected chi connectivity index (χ1v) is 8.36. The van der Waals surface area contributed by atoms with Gasteiger partial charge in [-0.15, -0.1) is 0 Å². The van der Waals surface area contributed by atoms with Gasteiger partial charge >= 0.3 is 5.97 Å². The minimum absolute atomic E-state index is 0.0162. The number of ether oxygens (including phenoxy) is 1. The lowest BCUT2D eigenvalue weighted by Crippen LogP contribution is -2.14. The van der Waals surface area contributed by atoms with Gasteiger partial charge in [0.1, 0.15) is 0 Å². The normalized spacial score (nSPS) is 13.6. The molecule has 0 aromatic heterocycles. The van der Waals surface area contributed by atoms with Gasteiger partial charge in [0, 0.05) is 6.42 Å². The molecule has 0 heterocycles. The van der Waals surface area contributed by atoms with Gasteiger partial charge in [0.2, 0.25) is 0 Å². The van der Waals surface area contributed by atoms with Crippen LogP contribution >= 0.6 is 0 Å². The first-order valence-electron chi connectivity index (χ1n) is 8.36. The zero-order chi connectivity index (χ0) is 15.6. The Kier molecular flexibility index (Phi) is 9.96. The molecule has 0 aromatic rings. The van der Waals surface area contributed by atoms with E-state index in [0.717, 1.165) is 25.2 Å². The van der Waals surface area contributed by atoms with Crippen LogP contribution in [-0.2, 0) is 9.53 Å². The summed E-state index contributed by atoms with van der Waals surface area (Å²) >= 11 is 0. The molecule has 0 saturated carbocycles. The molecule has 0 N–H and O–H groups in total. The fraction of sp³-hybridized carbons (Fsp3) is 0.944. The zero-order valence-electron chi connectivity index (χ0n) is 14.6. The third kappa shape index (κ3) is 13.9. The van der Waals surface area contributed by atoms with Crippen molar-refractivity contribution in [1.82, 2.24) is 0 Å². The molecule has 2 nitrogen and oxygen atoms in total. The molecule has 0 rings (SSSR count). The second-order valence-electron chi connectivity index (χ2n) is 7.87. The first kappa shape index (κ1) is 19.5. The van der Waals surface area contributed by atoms with Crippen LogP contribution in [0.15, 0.2) is 0 Å². The van der Waals surface area contributed by atoms with E-state index in [1.165, 1.54) is 19.3 Å². The molecule has 1 unspecified atom stereocenters. The first-order chi connectivity index (χ1) is 9.20. The van der Waals surface area contributed by atoms with E-state index in [-0.39, 0.29) is 5.97 Å². The van der Waals surface area contributed by atoms with Crippen molar-refractivity contribution >= 4 is 5.97 Å². The van der Waals surface area contributed by atoms with Crippen molar-refractivity contribution in [3.05, 3.63) is 0 Å². The Morgan fingerprint density at radius 2 is 1.65 bits per heavy atom. The Hall–Kier alpha value is -0.530. The number of unbranched alkanes of at least 4 members (excludes halogenated alkanes) is 2. The number of hydrogen-bond acceptors (Lipinski definition) is 2. The van der Waals surface area contributed by atoms with Crippen LogP contribution in [0.3, 0.4) is 0 Å². The summed E-state index contributed by atoms with van der Waals surface area (Å²) in [6, 6.07) is 0. The van der Waals surface area contributed by atoms with Crippen LogP contribution in [0, 0.1) is 17.3 Å². The van der Waals surface area contributed by atoms with Crippen LogP contribution in [0.25, 0.3) is 0 Å². The largest absolute Gasteiger partial charge is 0.466 e. The zero-order valence-corrected chi connectivity index (χ0v) is 14.6. The maximum absolute atomic E-state index is 11.6. The molecule has 0 spiro atoms. The Morgan fingerprint density at radius 1 is 1.00 bits per heavy atom. The highest BCUT2D eigenvalue weighted by Gasteiger charge is 2.15. The van der Waals surface area contributed by atoms with E-state index in [2.05, 4.69) is 41.5 Å². The van der Waals surface area contributed by atoms with Gasteiger partial charge in [0.05, 0.1) is 6.61 Å². The van der Waals surface area contributed by atoms with Crippen LogP contribution in [0.2, 0.25) is 0 Å². The molecule has 0 fully saturated rings. The molecular formula is C18H36O2. The van der Waals surface area contributed by atoms with Crippen molar-refractivity contribution in [2.24, 2.45) is 17.3 Å². The van der Waals surface area contributed by atoms with Gasteiger partial charge in [-0.2, -0.15) is 0 Å². The van der Waals surface area contributed by atoms with Crippen LogP contribution in [-0.4, -0.2) is 12.6 Å². The van der Waals surface area contributed by atoms with Gasteiger partial charge in [0.25, 0.3) is 0 Å². The highest BCUT2D eigenvalue weighted by molar-refractivity contribution is 5.69. The highest BCUT2D eigenvalue weighted by atomic mass is 16.5. The third-order valence-electron chi connectivity index (χ3n) is 3.50. The molecule has 0 bridgehead atoms. The van der Waals surface area contributed by atoms with Crippen LogP contribution in [0.5, 0.6) is 0 Å². The molecule has 0 saturated heterocycles. The molecule has 0 amide bonds. The molecule has 1 atom stereocenters. The summed E-state index contributed by atoms with van der Waals surface area (Å²) in [5, 5.41) is 0. The fourth-order valence-electron chi connectivity index (χ4n) is 2.59. The molecule has 20 heavy (non-hydrogen) atoms. The summed E-state index contributed by atoms with van der Waals surface area (Å²) in [5.74, 6) is 1.37. The second-order valence-corrected chi connectivity index (χ2v) is 7.87. The van der Waals surface area contributed by atoms with Crippen molar-refractivity contribution in [3.63, 3.8) is 0 Å². The second kappa shape index (κ2) is 10.2. The van der Waals surface area contributed by atoms with E-state index >= 15 is 0 Å². The molecule has 0 aromatic carbocycles. The maximum Gasteiger partial charge on any atom is 0.305 e. The predicted molar refractivity (Wildman–Crippen MR) is 86.7 cm³/mol. The number of rotatable bonds is 10. The Balaban J connectivity index is 3.49. The van der Waals surface area contributed by atoms with E-state index < -0.39 is 0 Å². The lowest BCUT2D eigenvalue weighted by molar-refractivity contribution is -0.144. The van der Waals surface area contributed by atoms with Crippen molar-refractivity contribution in [2.75, 3.05) is 6.61 Å². The molecule has 0 aliphatic carbocycles. The third-order valence-corrected chi connectivity index (χ3v) is 3.50. The van der Waals surface area contributed by atoms with E-state index in [1.54, 1.807) is 0 Å². The van der Waals surface area contributed by atoms with Gasteiger partial charge in [-0.05, 0) is 36.5 Å². The SMILES string of the molecule is CC(C)CCCCCC(=O)OCCC(C)CC(C)(C)C. The van der Waals surface area contributed by atoms with E-state index in [1.807, 2.05) is 0 Å². The van der Waals surface area contributed by atoms with Crippen molar-refractivity contribution < 1.29 is 9.53 Å². The average Bonchev–Trinajstić information content (AvgIpc) is 2.25. The summed E-state index contributed by atoms with van der Waals surface area (Å²) in [6.45, 7) is 14.1. The van der Waals surface area contributed by atoms with Crippen LogP contribution < -0.4 is 0 Å². The van der Waals surface area contributed by atoms with Crippen LogP contribution in [0.1, 0.15) is 86.5 Å². The monoisotopic (exact) mass is 284 g/mol. The van der Waals surface area contributed by atoms with Crippen molar-refractivity contribution in [1.29, 1.82) is 0 Å². The van der Waals surface area contributed by atoms with E-state index in [0.29, 0.717) is 24.4 Å². The number of esters is 1. The highest BCUT2D eigenvalue weighted by Crippen LogP contribution is 2.25. The van der Waals surface area contributed by atoms with E-state index in [4.69, 9.17) is 4.74 Å². The Labute approximate surface area is 126 Å². The smallest absolute Gasteiger partial charge is 0.305 e. The van der Waals surface area contributed by atoms with Gasteiger partial charge in [-0.3, -0.25) is 4.79 Å². The molecule has 120 valence electrons. The summed E-state index contributed by atoms with van der Waals surface area (Å²) in [6.07, 6.45) is 7.37. The number of carbonyl (C=O) groups excluding carboxylic acids is 1. The molecule has 0 aliphatic rings. The van der Waals surface area contributed by atoms with Gasteiger partial charge in [-0.1, -0.05) is 60.8 Å². The maximum atomic E-state index is 11.6. The molecule has 2 heteroatoms. The molecular weight excluding hydrogens is 248 g/mol. The average molecular weight is 284 g/mol. The lowest BCUT2D eigenvalue weighted by atomic mass is 9.84. The summed E-state index contributed by atoms with van der Waals surface area (Å²) in [7, 11) is 0. The van der Waals surface area contributed by atoms with Gasteiger partial charge < -0.3 is 4.74 Å². The number of carbonyl (C=O) groups is 1. The van der Waals surface area contributed by atoms with Crippen molar-refractivity contribution in [2.45, 2.75) is 86.5 Å². The fourth-order valence-corrected chi connectivity index (χ4v) is 2.59. The van der Waals surface area contributed by atoms with Gasteiger partial charge in [-0.25, -0.2) is 0 Å². The summed E-state index contributed by atoms with van der Waals surface area (Å²) < 4.78 is 5.32. The minimum Gasteiger partial charge on any atom is -0.466 e. The summed E-state index contributed by atoms with van der Waals surface area (Å²) in [5.41, 5.74) is 0.361. The Morgan fingerprint density at radius 3 is 2.20 bits per heavy atom. The van der Waals surface area contributed by atoms with E-state index in [9.17, 15) is 4.79 Å². The molecule has 0 aliphatic heterocycles. The van der Waals surface area contributed by atoms with Crippen molar-refractivity contribution in [3.8, 4) is 0 Å². The standard InChI is InChI=1S/C18H36O2/c1-15(2)10-8-7-9-11-17(19)20-13-12-16(3)14-18(4,5)6/h15-16H,7-14H2,1-6H3. The predicted octanol–water partition coefficient (Wildman–Crippen LogP) is 5.60. The summed E-state index contributed by atoms with van der Waals surface area (Å²) in [4.78, 5) is 11.6. The molecule has 0 radical (unpaired) electrons. The topological polar surface area (TPSA) is 26.3 Å². The van der Waals surface area contributed by atoms with Crippen LogP contribution in [0.4, 0.5) is 0 Å². The van der Waals surface area contributed by atoms with Gasteiger partial charge in [0.15, 0.2) is 0 Å².